The van der Waals surface area contributed by atoms with Crippen LogP contribution in [0.5, 0.6) is 0 Å². The van der Waals surface area contributed by atoms with E-state index in [1.54, 1.807) is 69.3 Å². The lowest BCUT2D eigenvalue weighted by Gasteiger charge is -2.28. The summed E-state index contributed by atoms with van der Waals surface area (Å²) in [6, 6.07) is 13.1. The molecular formula is C24H29N3O6. The topological polar surface area (TPSA) is 125 Å². The maximum Gasteiger partial charge on any atom is 0.326 e. The fourth-order valence-corrected chi connectivity index (χ4v) is 3.02. The zero-order chi connectivity index (χ0) is 24.6. The second kappa shape index (κ2) is 11.1. The number of carboxylic acids is 1. The molecule has 9 nitrogen and oxygen atoms in total. The zero-order valence-electron chi connectivity index (χ0n) is 19.1. The number of ether oxygens (including phenoxy) is 1. The van der Waals surface area contributed by atoms with Crippen LogP contribution in [0, 0.1) is 6.92 Å². The molecule has 0 aromatic heterocycles. The summed E-state index contributed by atoms with van der Waals surface area (Å²) in [5.41, 5.74) is 1.00. The molecular weight excluding hydrogens is 426 g/mol. The quantitative estimate of drug-likeness (QED) is 0.525. The highest BCUT2D eigenvalue weighted by atomic mass is 16.6. The van der Waals surface area contributed by atoms with E-state index in [9.17, 15) is 24.3 Å². The molecule has 176 valence electrons. The third-order valence-corrected chi connectivity index (χ3v) is 4.30. The van der Waals surface area contributed by atoms with Crippen LogP contribution in [0.3, 0.4) is 0 Å². The van der Waals surface area contributed by atoms with Crippen LogP contribution >= 0.6 is 0 Å². The molecule has 2 rings (SSSR count). The number of esters is 1. The van der Waals surface area contributed by atoms with E-state index in [2.05, 4.69) is 10.6 Å². The lowest BCUT2D eigenvalue weighted by atomic mass is 10.1. The molecule has 0 fully saturated rings. The van der Waals surface area contributed by atoms with Gasteiger partial charge in [0, 0.05) is 11.4 Å². The minimum atomic E-state index is -1.42. The first-order valence-electron chi connectivity index (χ1n) is 10.4. The van der Waals surface area contributed by atoms with Gasteiger partial charge in [-0.3, -0.25) is 19.3 Å². The summed E-state index contributed by atoms with van der Waals surface area (Å²) >= 11 is 0. The number of rotatable bonds is 8. The first kappa shape index (κ1) is 25.4. The van der Waals surface area contributed by atoms with Gasteiger partial charge in [0.25, 0.3) is 5.91 Å². The maximum absolute atomic E-state index is 13.3. The Balaban J connectivity index is 2.26. The molecule has 0 spiro atoms. The van der Waals surface area contributed by atoms with Crippen molar-refractivity contribution < 1.29 is 29.0 Å². The normalized spacial score (nSPS) is 11.8. The molecule has 0 bridgehead atoms. The second-order valence-corrected chi connectivity index (χ2v) is 8.46. The van der Waals surface area contributed by atoms with Crippen LogP contribution in [0.15, 0.2) is 54.6 Å². The summed E-state index contributed by atoms with van der Waals surface area (Å²) in [4.78, 5) is 50.8. The van der Waals surface area contributed by atoms with Crippen LogP contribution in [0.4, 0.5) is 16.2 Å². The third kappa shape index (κ3) is 8.64. The van der Waals surface area contributed by atoms with E-state index in [0.29, 0.717) is 11.4 Å². The largest absolute Gasteiger partial charge is 0.481 e. The molecule has 2 aromatic carbocycles. The number of hydrogen-bond donors (Lipinski definition) is 3. The standard InChI is InChI=1S/C24H29N3O6/c1-16-9-8-10-17(13-16)25-23(32)26-19(14-20(28)29)22(31)27(18-11-6-5-7-12-18)15-21(30)33-24(2,3)4/h5-13,19H,14-15H2,1-4H3,(H,28,29)(H2,25,26,32). The van der Waals surface area contributed by atoms with E-state index in [0.717, 1.165) is 10.5 Å². The van der Waals surface area contributed by atoms with Crippen molar-refractivity contribution in [1.29, 1.82) is 0 Å². The molecule has 0 saturated heterocycles. The van der Waals surface area contributed by atoms with E-state index in [1.165, 1.54) is 0 Å². The van der Waals surface area contributed by atoms with Crippen LogP contribution in [-0.2, 0) is 19.1 Å². The van der Waals surface area contributed by atoms with Gasteiger partial charge in [-0.2, -0.15) is 0 Å². The van der Waals surface area contributed by atoms with Crippen LogP contribution < -0.4 is 15.5 Å². The van der Waals surface area contributed by atoms with Gasteiger partial charge in [0.2, 0.25) is 0 Å². The first-order chi connectivity index (χ1) is 15.4. The molecule has 1 unspecified atom stereocenters. The fraction of sp³-hybridized carbons (Fsp3) is 0.333. The number of carbonyl (C=O) groups is 4. The van der Waals surface area contributed by atoms with E-state index >= 15 is 0 Å². The number of anilines is 2. The number of hydrogen-bond acceptors (Lipinski definition) is 5. The highest BCUT2D eigenvalue weighted by Crippen LogP contribution is 2.17. The molecule has 2 aromatic rings. The Morgan fingerprint density at radius 3 is 2.27 bits per heavy atom. The average molecular weight is 456 g/mol. The lowest BCUT2D eigenvalue weighted by molar-refractivity contribution is -0.153. The van der Waals surface area contributed by atoms with Gasteiger partial charge in [-0.25, -0.2) is 4.79 Å². The number of carboxylic acid groups (broad SMARTS) is 1. The SMILES string of the molecule is Cc1cccc(NC(=O)NC(CC(=O)O)C(=O)N(CC(=O)OC(C)(C)C)c2ccccc2)c1. The molecule has 0 aliphatic heterocycles. The Morgan fingerprint density at radius 1 is 1.03 bits per heavy atom. The summed E-state index contributed by atoms with van der Waals surface area (Å²) in [7, 11) is 0. The van der Waals surface area contributed by atoms with Crippen molar-refractivity contribution in [1.82, 2.24) is 5.32 Å². The van der Waals surface area contributed by atoms with Crippen molar-refractivity contribution in [2.24, 2.45) is 0 Å². The summed E-state index contributed by atoms with van der Waals surface area (Å²) in [6.45, 7) is 6.50. The van der Waals surface area contributed by atoms with Gasteiger partial charge >= 0.3 is 18.0 Å². The number of urea groups is 1. The van der Waals surface area contributed by atoms with Crippen molar-refractivity contribution in [2.75, 3.05) is 16.8 Å². The maximum atomic E-state index is 13.3. The van der Waals surface area contributed by atoms with Crippen LogP contribution in [0.25, 0.3) is 0 Å². The van der Waals surface area contributed by atoms with Crippen LogP contribution in [0.2, 0.25) is 0 Å². The Morgan fingerprint density at radius 2 is 1.70 bits per heavy atom. The summed E-state index contributed by atoms with van der Waals surface area (Å²) < 4.78 is 5.32. The Bertz CT molecular complexity index is 1000. The summed E-state index contributed by atoms with van der Waals surface area (Å²) in [5.74, 6) is -2.71. The zero-order valence-corrected chi connectivity index (χ0v) is 19.1. The van der Waals surface area contributed by atoms with Crippen molar-refractivity contribution >= 4 is 35.3 Å². The van der Waals surface area contributed by atoms with Gasteiger partial charge in [-0.15, -0.1) is 0 Å². The van der Waals surface area contributed by atoms with E-state index in [1.807, 2.05) is 13.0 Å². The van der Waals surface area contributed by atoms with Gasteiger partial charge < -0.3 is 20.5 Å². The molecule has 9 heteroatoms. The van der Waals surface area contributed by atoms with Gasteiger partial charge in [-0.1, -0.05) is 30.3 Å². The molecule has 0 aliphatic rings. The van der Waals surface area contributed by atoms with E-state index in [-0.39, 0.29) is 0 Å². The second-order valence-electron chi connectivity index (χ2n) is 8.46. The highest BCUT2D eigenvalue weighted by molar-refractivity contribution is 6.04. The van der Waals surface area contributed by atoms with Crippen LogP contribution in [0.1, 0.15) is 32.8 Å². The number of benzene rings is 2. The minimum absolute atomic E-state index is 0.365. The number of aryl methyl sites for hydroxylation is 1. The molecule has 3 amide bonds. The van der Waals surface area contributed by atoms with Crippen molar-refractivity contribution in [3.63, 3.8) is 0 Å². The molecule has 1 atom stereocenters. The van der Waals surface area contributed by atoms with Gasteiger partial charge in [0.1, 0.15) is 18.2 Å². The Hall–Kier alpha value is -3.88. The van der Waals surface area contributed by atoms with Crippen LogP contribution in [-0.4, -0.2) is 47.2 Å². The third-order valence-electron chi connectivity index (χ3n) is 4.30. The summed E-state index contributed by atoms with van der Waals surface area (Å²) in [6.07, 6.45) is -0.669. The number of nitrogens with one attached hydrogen (secondary N) is 2. The molecule has 0 heterocycles. The predicted octanol–water partition coefficient (Wildman–Crippen LogP) is 3.33. The van der Waals surface area contributed by atoms with E-state index in [4.69, 9.17) is 4.74 Å². The van der Waals surface area contributed by atoms with Gasteiger partial charge in [0.05, 0.1) is 6.42 Å². The van der Waals surface area contributed by atoms with Crippen molar-refractivity contribution in [3.05, 3.63) is 60.2 Å². The minimum Gasteiger partial charge on any atom is -0.481 e. The van der Waals surface area contributed by atoms with Crippen molar-refractivity contribution in [3.8, 4) is 0 Å². The number of aliphatic carboxylic acids is 1. The highest BCUT2D eigenvalue weighted by Gasteiger charge is 2.31. The van der Waals surface area contributed by atoms with E-state index < -0.39 is 48.5 Å². The van der Waals surface area contributed by atoms with Gasteiger partial charge in [-0.05, 0) is 57.5 Å². The lowest BCUT2D eigenvalue weighted by Crippen LogP contribution is -2.52. The summed E-state index contributed by atoms with van der Waals surface area (Å²) in [5, 5.41) is 14.3. The number of para-hydroxylation sites is 1. The van der Waals surface area contributed by atoms with Gasteiger partial charge in [0.15, 0.2) is 0 Å². The predicted molar refractivity (Wildman–Crippen MR) is 124 cm³/mol. The monoisotopic (exact) mass is 455 g/mol. The van der Waals surface area contributed by atoms with Crippen molar-refractivity contribution in [2.45, 2.75) is 45.8 Å². The molecule has 0 saturated carbocycles. The number of nitrogens with zero attached hydrogens (tertiary/aromatic N) is 1. The molecule has 3 N–H and O–H groups in total. The Labute approximate surface area is 192 Å². The smallest absolute Gasteiger partial charge is 0.326 e. The average Bonchev–Trinajstić information content (AvgIpc) is 2.70. The fourth-order valence-electron chi connectivity index (χ4n) is 3.02. The molecule has 0 radical (unpaired) electrons. The first-order valence-corrected chi connectivity index (χ1v) is 10.4. The number of carbonyl (C=O) groups excluding carboxylic acids is 3. The Kier molecular flexibility index (Phi) is 8.56. The molecule has 0 aliphatic carbocycles. The number of amides is 3. The molecule has 33 heavy (non-hydrogen) atoms.